The van der Waals surface area contributed by atoms with Gasteiger partial charge < -0.3 is 10.2 Å². The van der Waals surface area contributed by atoms with Gasteiger partial charge in [0.2, 0.25) is 5.91 Å². The van der Waals surface area contributed by atoms with Gasteiger partial charge in [-0.2, -0.15) is 0 Å². The van der Waals surface area contributed by atoms with Crippen molar-refractivity contribution in [3.8, 4) is 0 Å². The van der Waals surface area contributed by atoms with E-state index in [1.54, 1.807) is 17.4 Å². The molecule has 0 bridgehead atoms. The Bertz CT molecular complexity index is 1030. The molecule has 28 heavy (non-hydrogen) atoms. The van der Waals surface area contributed by atoms with E-state index in [-0.39, 0.29) is 11.8 Å². The second-order valence-corrected chi connectivity index (χ2v) is 9.58. The molecular weight excluding hydrogens is 458 g/mol. The summed E-state index contributed by atoms with van der Waals surface area (Å²) in [4.78, 5) is 31.2. The molecule has 0 spiro atoms. The SMILES string of the molecule is O=C(Nc1ccc2nc(SCC(=O)N3CCCC3)sc2c1)c1ccccc1Br. The first-order chi connectivity index (χ1) is 13.6. The Hall–Kier alpha value is -1.90. The average Bonchev–Trinajstić information content (AvgIpc) is 3.36. The Morgan fingerprint density at radius 3 is 2.75 bits per heavy atom. The van der Waals surface area contributed by atoms with Crippen LogP contribution in [0.3, 0.4) is 0 Å². The van der Waals surface area contributed by atoms with Gasteiger partial charge in [-0.3, -0.25) is 9.59 Å². The van der Waals surface area contributed by atoms with Crippen molar-refractivity contribution in [2.24, 2.45) is 0 Å². The highest BCUT2D eigenvalue weighted by atomic mass is 79.9. The Morgan fingerprint density at radius 2 is 1.96 bits per heavy atom. The largest absolute Gasteiger partial charge is 0.342 e. The molecule has 1 aliphatic rings. The summed E-state index contributed by atoms with van der Waals surface area (Å²) in [5, 5.41) is 2.93. The van der Waals surface area contributed by atoms with E-state index in [1.807, 2.05) is 41.3 Å². The third kappa shape index (κ3) is 4.39. The molecule has 0 aliphatic carbocycles. The maximum absolute atomic E-state index is 12.5. The van der Waals surface area contributed by atoms with Gasteiger partial charge >= 0.3 is 0 Å². The van der Waals surface area contributed by atoms with E-state index in [4.69, 9.17) is 0 Å². The Balaban J connectivity index is 1.43. The number of benzene rings is 2. The molecule has 2 amide bonds. The number of hydrogen-bond donors (Lipinski definition) is 1. The fourth-order valence-electron chi connectivity index (χ4n) is 3.07. The van der Waals surface area contributed by atoms with Gasteiger partial charge in [-0.1, -0.05) is 23.9 Å². The third-order valence-electron chi connectivity index (χ3n) is 4.52. The number of thiazole rings is 1. The van der Waals surface area contributed by atoms with Crippen molar-refractivity contribution in [2.75, 3.05) is 24.2 Å². The number of nitrogens with one attached hydrogen (secondary N) is 1. The molecule has 144 valence electrons. The van der Waals surface area contributed by atoms with Crippen LogP contribution < -0.4 is 5.32 Å². The number of likely N-dealkylation sites (tertiary alicyclic amines) is 1. The highest BCUT2D eigenvalue weighted by molar-refractivity contribution is 9.10. The third-order valence-corrected chi connectivity index (χ3v) is 7.36. The van der Waals surface area contributed by atoms with Crippen molar-refractivity contribution in [3.63, 3.8) is 0 Å². The Morgan fingerprint density at radius 1 is 1.18 bits per heavy atom. The summed E-state index contributed by atoms with van der Waals surface area (Å²) >= 11 is 6.43. The maximum Gasteiger partial charge on any atom is 0.256 e. The van der Waals surface area contributed by atoms with Crippen LogP contribution in [0.4, 0.5) is 5.69 Å². The number of carbonyl (C=O) groups is 2. The van der Waals surface area contributed by atoms with Crippen LogP contribution in [0, 0.1) is 0 Å². The van der Waals surface area contributed by atoms with E-state index in [0.29, 0.717) is 11.3 Å². The zero-order chi connectivity index (χ0) is 19.5. The van der Waals surface area contributed by atoms with Gasteiger partial charge in [0.05, 0.1) is 21.5 Å². The summed E-state index contributed by atoms with van der Waals surface area (Å²) < 4.78 is 2.62. The molecule has 1 N–H and O–H groups in total. The molecule has 4 rings (SSSR count). The van der Waals surface area contributed by atoms with Crippen LogP contribution in [0.1, 0.15) is 23.2 Å². The number of nitrogens with zero attached hydrogens (tertiary/aromatic N) is 2. The van der Waals surface area contributed by atoms with Crippen LogP contribution in [0.15, 0.2) is 51.3 Å². The molecule has 0 radical (unpaired) electrons. The molecule has 8 heteroatoms. The molecular formula is C20H18BrN3O2S2. The zero-order valence-electron chi connectivity index (χ0n) is 15.0. The molecule has 0 unspecified atom stereocenters. The molecule has 0 saturated carbocycles. The van der Waals surface area contributed by atoms with E-state index in [2.05, 4.69) is 26.2 Å². The first kappa shape index (κ1) is 19.4. The Labute approximate surface area is 179 Å². The second kappa shape index (κ2) is 8.63. The van der Waals surface area contributed by atoms with Crippen molar-refractivity contribution in [1.82, 2.24) is 9.88 Å². The standard InChI is InChI=1S/C20H18BrN3O2S2/c21-15-6-2-1-5-14(15)19(26)22-13-7-8-16-17(11-13)28-20(23-16)27-12-18(25)24-9-3-4-10-24/h1-2,5-8,11H,3-4,9-10,12H2,(H,22,26). The van der Waals surface area contributed by atoms with Crippen LogP contribution in [0.5, 0.6) is 0 Å². The minimum atomic E-state index is -0.165. The van der Waals surface area contributed by atoms with Gasteiger partial charge in [0.25, 0.3) is 5.91 Å². The first-order valence-electron chi connectivity index (χ1n) is 8.97. The van der Waals surface area contributed by atoms with Gasteiger partial charge in [-0.15, -0.1) is 11.3 Å². The number of carbonyl (C=O) groups excluding carboxylic acids is 2. The molecule has 0 atom stereocenters. The van der Waals surface area contributed by atoms with E-state index in [0.717, 1.165) is 50.6 Å². The molecule has 1 saturated heterocycles. The summed E-state index contributed by atoms with van der Waals surface area (Å²) in [5.41, 5.74) is 2.19. The number of rotatable bonds is 5. The van der Waals surface area contributed by atoms with Crippen molar-refractivity contribution >= 4 is 66.7 Å². The minimum absolute atomic E-state index is 0.165. The maximum atomic E-state index is 12.5. The average molecular weight is 476 g/mol. The van der Waals surface area contributed by atoms with Gasteiger partial charge in [0, 0.05) is 23.2 Å². The van der Waals surface area contributed by atoms with Gasteiger partial charge in [-0.05, 0) is 59.1 Å². The lowest BCUT2D eigenvalue weighted by atomic mass is 10.2. The molecule has 1 aromatic heterocycles. The number of fused-ring (bicyclic) bond motifs is 1. The van der Waals surface area contributed by atoms with E-state index in [1.165, 1.54) is 11.8 Å². The topological polar surface area (TPSA) is 62.3 Å². The molecule has 3 aromatic rings. The van der Waals surface area contributed by atoms with Crippen molar-refractivity contribution in [3.05, 3.63) is 52.5 Å². The van der Waals surface area contributed by atoms with Crippen molar-refractivity contribution < 1.29 is 9.59 Å². The molecule has 2 heterocycles. The predicted molar refractivity (Wildman–Crippen MR) is 118 cm³/mol. The highest BCUT2D eigenvalue weighted by Crippen LogP contribution is 2.32. The summed E-state index contributed by atoms with van der Waals surface area (Å²) in [6.07, 6.45) is 2.21. The number of thioether (sulfide) groups is 1. The van der Waals surface area contributed by atoms with Gasteiger partial charge in [0.1, 0.15) is 0 Å². The fraction of sp³-hybridized carbons (Fsp3) is 0.250. The van der Waals surface area contributed by atoms with Crippen LogP contribution in [0.25, 0.3) is 10.2 Å². The lowest BCUT2D eigenvalue weighted by Crippen LogP contribution is -2.29. The summed E-state index contributed by atoms with van der Waals surface area (Å²) in [6, 6.07) is 13.0. The van der Waals surface area contributed by atoms with Gasteiger partial charge in [-0.25, -0.2) is 4.98 Å². The lowest BCUT2D eigenvalue weighted by molar-refractivity contribution is -0.127. The van der Waals surface area contributed by atoms with Crippen molar-refractivity contribution in [1.29, 1.82) is 0 Å². The Kier molecular flexibility index (Phi) is 5.99. The highest BCUT2D eigenvalue weighted by Gasteiger charge is 2.18. The molecule has 1 fully saturated rings. The van der Waals surface area contributed by atoms with E-state index in [9.17, 15) is 9.59 Å². The number of aromatic nitrogens is 1. The summed E-state index contributed by atoms with van der Waals surface area (Å²) in [6.45, 7) is 1.75. The monoisotopic (exact) mass is 475 g/mol. The lowest BCUT2D eigenvalue weighted by Gasteiger charge is -2.13. The van der Waals surface area contributed by atoms with Crippen LogP contribution in [-0.2, 0) is 4.79 Å². The number of hydrogen-bond acceptors (Lipinski definition) is 5. The fourth-order valence-corrected chi connectivity index (χ4v) is 5.54. The number of anilines is 1. The molecule has 1 aliphatic heterocycles. The van der Waals surface area contributed by atoms with Gasteiger partial charge in [0.15, 0.2) is 4.34 Å². The van der Waals surface area contributed by atoms with Crippen molar-refractivity contribution in [2.45, 2.75) is 17.2 Å². The van der Waals surface area contributed by atoms with E-state index >= 15 is 0 Å². The summed E-state index contributed by atoms with van der Waals surface area (Å²) in [7, 11) is 0. The second-order valence-electron chi connectivity index (χ2n) is 6.47. The number of halogens is 1. The predicted octanol–water partition coefficient (Wildman–Crippen LogP) is 5.03. The van der Waals surface area contributed by atoms with Crippen LogP contribution in [0.2, 0.25) is 0 Å². The quantitative estimate of drug-likeness (QED) is 0.525. The first-order valence-corrected chi connectivity index (χ1v) is 11.6. The van der Waals surface area contributed by atoms with Crippen LogP contribution in [-0.4, -0.2) is 40.5 Å². The normalized spacial score (nSPS) is 13.8. The summed E-state index contributed by atoms with van der Waals surface area (Å²) in [5.74, 6) is 0.441. The zero-order valence-corrected chi connectivity index (χ0v) is 18.2. The molecule has 2 aromatic carbocycles. The van der Waals surface area contributed by atoms with E-state index < -0.39 is 0 Å². The minimum Gasteiger partial charge on any atom is -0.342 e. The van der Waals surface area contributed by atoms with Crippen LogP contribution >= 0.6 is 39.0 Å². The molecule has 5 nitrogen and oxygen atoms in total. The smallest absolute Gasteiger partial charge is 0.256 e. The number of amides is 2.